The molecule has 3 heterocycles. The van der Waals surface area contributed by atoms with Crippen LogP contribution in [-0.2, 0) is 6.54 Å². The molecule has 0 radical (unpaired) electrons. The molecule has 5 nitrogen and oxygen atoms in total. The molecule has 4 aromatic rings. The van der Waals surface area contributed by atoms with Gasteiger partial charge in [0, 0.05) is 30.4 Å². The van der Waals surface area contributed by atoms with Gasteiger partial charge in [0.15, 0.2) is 5.65 Å². The van der Waals surface area contributed by atoms with Crippen molar-refractivity contribution in [1.29, 1.82) is 0 Å². The highest BCUT2D eigenvalue weighted by molar-refractivity contribution is 6.30. The van der Waals surface area contributed by atoms with Crippen molar-refractivity contribution in [2.75, 3.05) is 5.32 Å². The van der Waals surface area contributed by atoms with Crippen LogP contribution in [0.1, 0.15) is 25.5 Å². The highest BCUT2D eigenvalue weighted by Gasteiger charge is 2.12. The molecule has 4 rings (SSSR count). The average Bonchev–Trinajstić information content (AvgIpc) is 3.11. The third-order valence-electron chi connectivity index (χ3n) is 4.45. The molecule has 1 aromatic carbocycles. The topological polar surface area (TPSA) is 55.6 Å². The van der Waals surface area contributed by atoms with Crippen molar-refractivity contribution in [3.63, 3.8) is 0 Å². The molecule has 0 aliphatic rings. The summed E-state index contributed by atoms with van der Waals surface area (Å²) in [6, 6.07) is 16.4. The molecule has 0 saturated heterocycles. The Kier molecular flexibility index (Phi) is 4.77. The van der Waals surface area contributed by atoms with Crippen molar-refractivity contribution >= 4 is 28.5 Å². The first-order chi connectivity index (χ1) is 13.1. The van der Waals surface area contributed by atoms with E-state index in [4.69, 9.17) is 11.6 Å². The number of aromatic nitrogens is 4. The molecule has 3 aromatic heterocycles. The van der Waals surface area contributed by atoms with E-state index in [2.05, 4.69) is 58.4 Å². The monoisotopic (exact) mass is 377 g/mol. The fourth-order valence-corrected chi connectivity index (χ4v) is 3.20. The predicted molar refractivity (Wildman–Crippen MR) is 110 cm³/mol. The molecule has 0 aliphatic heterocycles. The smallest absolute Gasteiger partial charge is 0.163 e. The lowest BCUT2D eigenvalue weighted by Gasteiger charge is -2.10. The Balaban J connectivity index is 1.55. The lowest BCUT2D eigenvalue weighted by atomic mass is 10.1. The molecule has 6 heteroatoms. The standard InChI is InChI=1S/C21H20ClN5/c1-14(2)27-13-25-20-18(11-19(22)26-21(20)27)24-12-15-6-8-16(9-7-15)17-5-3-4-10-23-17/h3-11,13-14H,12H2,1-2H3,(H,24,26). The molecule has 1 N–H and O–H groups in total. The van der Waals surface area contributed by atoms with E-state index in [1.807, 2.05) is 35.2 Å². The number of hydrogen-bond acceptors (Lipinski definition) is 4. The predicted octanol–water partition coefficient (Wildman–Crippen LogP) is 5.34. The van der Waals surface area contributed by atoms with E-state index in [0.717, 1.165) is 28.1 Å². The van der Waals surface area contributed by atoms with Gasteiger partial charge >= 0.3 is 0 Å². The number of nitrogens with one attached hydrogen (secondary N) is 1. The molecular formula is C21H20ClN5. The van der Waals surface area contributed by atoms with Gasteiger partial charge in [0.05, 0.1) is 17.7 Å². The number of fused-ring (bicyclic) bond motifs is 1. The summed E-state index contributed by atoms with van der Waals surface area (Å²) < 4.78 is 2.02. The molecule has 0 aliphatic carbocycles. The van der Waals surface area contributed by atoms with E-state index in [0.29, 0.717) is 11.7 Å². The van der Waals surface area contributed by atoms with Crippen LogP contribution >= 0.6 is 11.6 Å². The third-order valence-corrected chi connectivity index (χ3v) is 4.65. The van der Waals surface area contributed by atoms with Gasteiger partial charge in [-0.25, -0.2) is 9.97 Å². The Labute approximate surface area is 163 Å². The van der Waals surface area contributed by atoms with Crippen LogP contribution in [0.4, 0.5) is 5.69 Å². The van der Waals surface area contributed by atoms with Gasteiger partial charge in [0.1, 0.15) is 10.7 Å². The molecule has 0 amide bonds. The van der Waals surface area contributed by atoms with Gasteiger partial charge in [0.25, 0.3) is 0 Å². The number of imidazole rings is 1. The molecule has 0 spiro atoms. The van der Waals surface area contributed by atoms with Gasteiger partial charge in [-0.05, 0) is 31.5 Å². The zero-order valence-corrected chi connectivity index (χ0v) is 16.0. The average molecular weight is 378 g/mol. The second-order valence-electron chi connectivity index (χ2n) is 6.68. The minimum absolute atomic E-state index is 0.271. The summed E-state index contributed by atoms with van der Waals surface area (Å²) in [5.41, 5.74) is 5.75. The molecule has 0 fully saturated rings. The SMILES string of the molecule is CC(C)n1cnc2c(NCc3ccc(-c4ccccn4)cc3)cc(Cl)nc21. The Bertz CT molecular complexity index is 1060. The van der Waals surface area contributed by atoms with Crippen molar-refractivity contribution < 1.29 is 0 Å². The molecular weight excluding hydrogens is 358 g/mol. The van der Waals surface area contributed by atoms with Gasteiger partial charge in [-0.3, -0.25) is 4.98 Å². The summed E-state index contributed by atoms with van der Waals surface area (Å²) in [6.07, 6.45) is 3.62. The zero-order chi connectivity index (χ0) is 18.8. The fourth-order valence-electron chi connectivity index (χ4n) is 3.01. The van der Waals surface area contributed by atoms with Gasteiger partial charge < -0.3 is 9.88 Å². The molecule has 0 bridgehead atoms. The molecule has 0 unspecified atom stereocenters. The summed E-state index contributed by atoms with van der Waals surface area (Å²) >= 11 is 6.23. The summed E-state index contributed by atoms with van der Waals surface area (Å²) in [4.78, 5) is 13.3. The van der Waals surface area contributed by atoms with E-state index < -0.39 is 0 Å². The van der Waals surface area contributed by atoms with E-state index in [1.165, 1.54) is 5.56 Å². The Morgan fingerprint density at radius 1 is 1.07 bits per heavy atom. The third kappa shape index (κ3) is 3.64. The second kappa shape index (κ2) is 7.37. The number of rotatable bonds is 5. The quantitative estimate of drug-likeness (QED) is 0.477. The van der Waals surface area contributed by atoms with E-state index in [-0.39, 0.29) is 6.04 Å². The highest BCUT2D eigenvalue weighted by atomic mass is 35.5. The lowest BCUT2D eigenvalue weighted by Crippen LogP contribution is -2.03. The van der Waals surface area contributed by atoms with Crippen LogP contribution in [0, 0.1) is 0 Å². The van der Waals surface area contributed by atoms with Gasteiger partial charge in [-0.15, -0.1) is 0 Å². The van der Waals surface area contributed by atoms with E-state index in [1.54, 1.807) is 6.20 Å². The number of nitrogens with zero attached hydrogens (tertiary/aromatic N) is 4. The van der Waals surface area contributed by atoms with Gasteiger partial charge in [-0.2, -0.15) is 0 Å². The highest BCUT2D eigenvalue weighted by Crippen LogP contribution is 2.27. The van der Waals surface area contributed by atoms with Gasteiger partial charge in [-0.1, -0.05) is 41.9 Å². The van der Waals surface area contributed by atoms with Crippen LogP contribution in [0.2, 0.25) is 5.15 Å². The van der Waals surface area contributed by atoms with Crippen molar-refractivity contribution in [2.45, 2.75) is 26.4 Å². The van der Waals surface area contributed by atoms with Crippen molar-refractivity contribution in [3.05, 3.63) is 71.8 Å². The molecule has 136 valence electrons. The first kappa shape index (κ1) is 17.5. The van der Waals surface area contributed by atoms with E-state index >= 15 is 0 Å². The fraction of sp³-hybridized carbons (Fsp3) is 0.190. The Hall–Kier alpha value is -2.92. The van der Waals surface area contributed by atoms with E-state index in [9.17, 15) is 0 Å². The second-order valence-corrected chi connectivity index (χ2v) is 7.06. The summed E-state index contributed by atoms with van der Waals surface area (Å²) in [5, 5.41) is 3.90. The maximum atomic E-state index is 6.23. The number of hydrogen-bond donors (Lipinski definition) is 1. The minimum Gasteiger partial charge on any atom is -0.379 e. The summed E-state index contributed by atoms with van der Waals surface area (Å²) in [7, 11) is 0. The Morgan fingerprint density at radius 2 is 1.89 bits per heavy atom. The van der Waals surface area contributed by atoms with Crippen LogP contribution in [0.15, 0.2) is 61.1 Å². The van der Waals surface area contributed by atoms with Crippen LogP contribution in [0.3, 0.4) is 0 Å². The summed E-state index contributed by atoms with van der Waals surface area (Å²) in [5.74, 6) is 0. The van der Waals surface area contributed by atoms with Crippen molar-refractivity contribution in [3.8, 4) is 11.3 Å². The van der Waals surface area contributed by atoms with Crippen molar-refractivity contribution in [2.24, 2.45) is 0 Å². The number of anilines is 1. The lowest BCUT2D eigenvalue weighted by molar-refractivity contribution is 0.613. The van der Waals surface area contributed by atoms with Crippen LogP contribution in [0.25, 0.3) is 22.4 Å². The first-order valence-corrected chi connectivity index (χ1v) is 9.27. The number of halogens is 1. The molecule has 0 saturated carbocycles. The number of pyridine rings is 2. The maximum Gasteiger partial charge on any atom is 0.163 e. The largest absolute Gasteiger partial charge is 0.379 e. The zero-order valence-electron chi connectivity index (χ0n) is 15.2. The van der Waals surface area contributed by atoms with Crippen molar-refractivity contribution in [1.82, 2.24) is 19.5 Å². The Morgan fingerprint density at radius 3 is 2.59 bits per heavy atom. The van der Waals surface area contributed by atoms with Crippen LogP contribution in [-0.4, -0.2) is 19.5 Å². The molecule has 27 heavy (non-hydrogen) atoms. The number of benzene rings is 1. The maximum absolute atomic E-state index is 6.23. The minimum atomic E-state index is 0.271. The normalized spacial score (nSPS) is 11.3. The van der Waals surface area contributed by atoms with Crippen LogP contribution < -0.4 is 5.32 Å². The van der Waals surface area contributed by atoms with Gasteiger partial charge in [0.2, 0.25) is 0 Å². The first-order valence-electron chi connectivity index (χ1n) is 8.89. The summed E-state index contributed by atoms with van der Waals surface area (Å²) in [6.45, 7) is 4.87. The molecule has 0 atom stereocenters. The van der Waals surface area contributed by atoms with Crippen LogP contribution in [0.5, 0.6) is 0 Å².